The maximum Gasteiger partial charge on any atom is 0.306 e. The number of ether oxygens (including phenoxy) is 1. The summed E-state index contributed by atoms with van der Waals surface area (Å²) in [5.74, 6) is 5.14. The molecule has 1 heterocycles. The lowest BCUT2D eigenvalue weighted by Crippen LogP contribution is -2.32. The summed E-state index contributed by atoms with van der Waals surface area (Å²) in [7, 11) is -2.31. The molecular formula is C9H16N4O5S2. The molecule has 0 fully saturated rings. The lowest BCUT2D eigenvalue weighted by Gasteiger charge is -2.12. The molecule has 0 radical (unpaired) electrons. The number of sulfonamides is 1. The van der Waals surface area contributed by atoms with Crippen molar-refractivity contribution in [2.75, 3.05) is 19.1 Å². The highest BCUT2D eigenvalue weighted by Crippen LogP contribution is 2.36. The molecule has 1 aromatic rings. The van der Waals surface area contributed by atoms with E-state index in [1.807, 2.05) is 0 Å². The van der Waals surface area contributed by atoms with E-state index in [1.54, 1.807) is 6.92 Å². The Morgan fingerprint density at radius 1 is 1.60 bits per heavy atom. The molecule has 0 saturated carbocycles. The smallest absolute Gasteiger partial charge is 0.306 e. The third kappa shape index (κ3) is 4.11. The molecule has 1 aromatic heterocycles. The monoisotopic (exact) mass is 324 g/mol. The number of rotatable bonds is 8. The van der Waals surface area contributed by atoms with E-state index in [2.05, 4.69) is 10.1 Å². The van der Waals surface area contributed by atoms with E-state index in [9.17, 15) is 18.5 Å². The van der Waals surface area contributed by atoms with Crippen LogP contribution in [-0.4, -0.2) is 33.1 Å². The molecule has 9 nitrogen and oxygen atoms in total. The van der Waals surface area contributed by atoms with Crippen LogP contribution in [0.4, 0.5) is 10.7 Å². The van der Waals surface area contributed by atoms with Crippen molar-refractivity contribution in [3.8, 4) is 0 Å². The summed E-state index contributed by atoms with van der Waals surface area (Å²) in [4.78, 5) is 10.1. The molecule has 1 rings (SSSR count). The van der Waals surface area contributed by atoms with Crippen molar-refractivity contribution in [3.63, 3.8) is 0 Å². The highest BCUT2D eigenvalue weighted by atomic mass is 32.2. The van der Waals surface area contributed by atoms with Gasteiger partial charge in [0, 0.05) is 25.8 Å². The van der Waals surface area contributed by atoms with Crippen LogP contribution < -0.4 is 16.0 Å². The molecule has 1 unspecified atom stereocenters. The van der Waals surface area contributed by atoms with Crippen LogP contribution in [0.5, 0.6) is 0 Å². The van der Waals surface area contributed by atoms with Gasteiger partial charge in [0.25, 0.3) is 10.0 Å². The highest BCUT2D eigenvalue weighted by molar-refractivity contribution is 7.91. The topological polar surface area (TPSA) is 137 Å². The molecule has 0 saturated heterocycles. The fraction of sp³-hybridized carbons (Fsp3) is 0.556. The van der Waals surface area contributed by atoms with E-state index < -0.39 is 14.9 Å². The molecule has 0 aromatic carbocycles. The van der Waals surface area contributed by atoms with E-state index >= 15 is 0 Å². The van der Waals surface area contributed by atoms with Crippen LogP contribution >= 0.6 is 11.3 Å². The van der Waals surface area contributed by atoms with E-state index in [-0.39, 0.29) is 20.9 Å². The van der Waals surface area contributed by atoms with Gasteiger partial charge in [-0.1, -0.05) is 11.3 Å². The van der Waals surface area contributed by atoms with Crippen LogP contribution in [0.2, 0.25) is 0 Å². The van der Waals surface area contributed by atoms with Gasteiger partial charge in [0.1, 0.15) is 4.21 Å². The number of thiophene rings is 1. The Morgan fingerprint density at radius 2 is 2.25 bits per heavy atom. The summed E-state index contributed by atoms with van der Waals surface area (Å²) in [5.41, 5.74) is 1.75. The molecule has 0 aliphatic carbocycles. The first-order valence-corrected chi connectivity index (χ1v) is 7.88. The van der Waals surface area contributed by atoms with Gasteiger partial charge < -0.3 is 10.2 Å². The third-order valence-electron chi connectivity index (χ3n) is 2.39. The van der Waals surface area contributed by atoms with Gasteiger partial charge in [0.05, 0.1) is 4.92 Å². The van der Waals surface area contributed by atoms with Gasteiger partial charge in [-0.2, -0.15) is 0 Å². The predicted molar refractivity (Wildman–Crippen MR) is 75.1 cm³/mol. The Bertz CT molecular complexity index is 571. The minimum absolute atomic E-state index is 0.0140. The van der Waals surface area contributed by atoms with Crippen LogP contribution in [0.3, 0.4) is 0 Å². The van der Waals surface area contributed by atoms with Crippen molar-refractivity contribution in [2.45, 2.75) is 23.6 Å². The first-order valence-electron chi connectivity index (χ1n) is 5.58. The van der Waals surface area contributed by atoms with Gasteiger partial charge in [-0.3, -0.25) is 10.1 Å². The van der Waals surface area contributed by atoms with E-state index in [0.29, 0.717) is 24.4 Å². The quantitative estimate of drug-likeness (QED) is 0.362. The second-order valence-electron chi connectivity index (χ2n) is 3.99. The van der Waals surface area contributed by atoms with Crippen molar-refractivity contribution in [1.82, 2.24) is 4.72 Å². The van der Waals surface area contributed by atoms with Crippen molar-refractivity contribution in [2.24, 2.45) is 5.84 Å². The van der Waals surface area contributed by atoms with Gasteiger partial charge >= 0.3 is 5.69 Å². The summed E-state index contributed by atoms with van der Waals surface area (Å²) < 4.78 is 31.3. The number of nitro groups is 1. The number of nitrogens with one attached hydrogen (secondary N) is 2. The molecule has 114 valence electrons. The maximum atomic E-state index is 12.1. The molecule has 0 amide bonds. The zero-order valence-electron chi connectivity index (χ0n) is 11.0. The number of hydrogen-bond acceptors (Lipinski definition) is 8. The standard InChI is InChI=1S/C9H16N4O5S2/c1-6(3-4-18-2)12-20(16,17)8-5-7(13(14)15)9(11-10)19-8/h5-6,11-12H,3-4,10H2,1-2H3. The number of hydrazine groups is 1. The number of nitrogens with zero attached hydrogens (tertiary/aromatic N) is 1. The number of nitrogens with two attached hydrogens (primary N) is 1. The molecular weight excluding hydrogens is 308 g/mol. The molecule has 11 heteroatoms. The van der Waals surface area contributed by atoms with Gasteiger partial charge in [0.15, 0.2) is 5.00 Å². The number of nitrogen functional groups attached to an aromatic ring is 1. The van der Waals surface area contributed by atoms with Gasteiger partial charge in [-0.15, -0.1) is 0 Å². The molecule has 0 aliphatic rings. The Labute approximate surface area is 120 Å². The SMILES string of the molecule is COCCC(C)NS(=O)(=O)c1cc([N+](=O)[O-])c(NN)s1. The van der Waals surface area contributed by atoms with E-state index in [1.165, 1.54) is 7.11 Å². The number of methoxy groups -OCH3 is 1. The summed E-state index contributed by atoms with van der Waals surface area (Å²) in [6, 6.07) is 0.626. The fourth-order valence-corrected chi connectivity index (χ4v) is 3.94. The maximum absolute atomic E-state index is 12.1. The van der Waals surface area contributed by atoms with Crippen LogP contribution in [0, 0.1) is 10.1 Å². The summed E-state index contributed by atoms with van der Waals surface area (Å²) >= 11 is 0.701. The molecule has 0 spiro atoms. The zero-order valence-corrected chi connectivity index (χ0v) is 12.6. The molecule has 4 N–H and O–H groups in total. The Hall–Kier alpha value is -1.27. The molecule has 0 bridgehead atoms. The number of anilines is 1. The van der Waals surface area contributed by atoms with E-state index in [4.69, 9.17) is 10.6 Å². The van der Waals surface area contributed by atoms with Crippen molar-refractivity contribution in [3.05, 3.63) is 16.2 Å². The zero-order chi connectivity index (χ0) is 15.3. The minimum Gasteiger partial charge on any atom is -0.385 e. The van der Waals surface area contributed by atoms with Crippen LogP contribution in [0.1, 0.15) is 13.3 Å². The predicted octanol–water partition coefficient (Wildman–Crippen LogP) is 0.645. The second kappa shape index (κ2) is 6.95. The van der Waals surface area contributed by atoms with Crippen molar-refractivity contribution < 1.29 is 18.1 Å². The lowest BCUT2D eigenvalue weighted by molar-refractivity contribution is -0.383. The third-order valence-corrected chi connectivity index (χ3v) is 5.51. The molecule has 20 heavy (non-hydrogen) atoms. The normalized spacial score (nSPS) is 13.2. The van der Waals surface area contributed by atoms with Crippen LogP contribution in [0.15, 0.2) is 10.3 Å². The largest absolute Gasteiger partial charge is 0.385 e. The first kappa shape index (κ1) is 16.8. The summed E-state index contributed by atoms with van der Waals surface area (Å²) in [6.45, 7) is 2.09. The summed E-state index contributed by atoms with van der Waals surface area (Å²) in [6.07, 6.45) is 0.491. The Kier molecular flexibility index (Phi) is 5.83. The van der Waals surface area contributed by atoms with E-state index in [0.717, 1.165) is 6.07 Å². The Balaban J connectivity index is 2.95. The van der Waals surface area contributed by atoms with Crippen LogP contribution in [0.25, 0.3) is 0 Å². The second-order valence-corrected chi connectivity index (χ2v) is 6.98. The average Bonchev–Trinajstić information content (AvgIpc) is 2.80. The van der Waals surface area contributed by atoms with Gasteiger partial charge in [0.2, 0.25) is 0 Å². The lowest BCUT2D eigenvalue weighted by atomic mass is 10.3. The van der Waals surface area contributed by atoms with Gasteiger partial charge in [-0.25, -0.2) is 19.0 Å². The average molecular weight is 324 g/mol. The van der Waals surface area contributed by atoms with Crippen LogP contribution in [-0.2, 0) is 14.8 Å². The van der Waals surface area contributed by atoms with Crippen molar-refractivity contribution >= 4 is 32.0 Å². The highest BCUT2D eigenvalue weighted by Gasteiger charge is 2.26. The minimum atomic E-state index is -3.82. The summed E-state index contributed by atoms with van der Waals surface area (Å²) in [5, 5.41) is 10.8. The molecule has 0 aliphatic heterocycles. The Morgan fingerprint density at radius 3 is 2.70 bits per heavy atom. The van der Waals surface area contributed by atoms with Gasteiger partial charge in [-0.05, 0) is 13.3 Å². The first-order chi connectivity index (χ1) is 9.31. The number of hydrogen-bond donors (Lipinski definition) is 3. The molecule has 1 atom stereocenters. The fourth-order valence-electron chi connectivity index (χ4n) is 1.41. The van der Waals surface area contributed by atoms with Crippen molar-refractivity contribution in [1.29, 1.82) is 0 Å².